The molecule has 0 aromatic carbocycles. The summed E-state index contributed by atoms with van der Waals surface area (Å²) < 4.78 is 6.25. The highest BCUT2D eigenvalue weighted by molar-refractivity contribution is 5.90. The van der Waals surface area contributed by atoms with Crippen molar-refractivity contribution < 1.29 is 9.53 Å². The number of pyridine rings is 1. The number of ether oxygens (including phenoxy) is 1. The molecule has 4 atom stereocenters. The number of likely N-dealkylation sites (tertiary alicyclic amines) is 1. The molecule has 2 N–H and O–H groups in total. The molecule has 1 aliphatic carbocycles. The third kappa shape index (κ3) is 3.62. The number of methoxy groups -OCH3 is 1. The van der Waals surface area contributed by atoms with Gasteiger partial charge in [-0.05, 0) is 43.9 Å². The summed E-state index contributed by atoms with van der Waals surface area (Å²) in [6.07, 6.45) is 7.72. The molecule has 5 nitrogen and oxygen atoms in total. The SMILES string of the molecule is CCC[C@@H](C)N1C[C@H]2CCC[C@@H](C1)C2(OC)c1ccnc(C(N)=O)c1.Cl. The van der Waals surface area contributed by atoms with Crippen LogP contribution in [0.4, 0.5) is 0 Å². The standard InChI is InChI=1S/C20H31N3O2.ClH/c1-4-6-14(2)23-12-16-7-5-8-17(13-23)20(16,25-3)15-9-10-22-18(11-15)19(21)24;/h9-11,14,16-17H,4-8,12-13H2,1-3H3,(H2,21,24);1H/t14-,16-,17+,20?;/m1./s1. The first kappa shape index (κ1) is 21.1. The van der Waals surface area contributed by atoms with Crippen molar-refractivity contribution in [2.24, 2.45) is 17.6 Å². The molecule has 2 aliphatic rings. The predicted molar refractivity (Wildman–Crippen MR) is 105 cm³/mol. The van der Waals surface area contributed by atoms with E-state index in [1.54, 1.807) is 6.20 Å². The van der Waals surface area contributed by atoms with E-state index in [1.165, 1.54) is 19.3 Å². The van der Waals surface area contributed by atoms with E-state index in [0.717, 1.165) is 31.5 Å². The summed E-state index contributed by atoms with van der Waals surface area (Å²) in [7, 11) is 1.82. The fourth-order valence-electron chi connectivity index (χ4n) is 5.16. The van der Waals surface area contributed by atoms with Crippen LogP contribution in [0.5, 0.6) is 0 Å². The van der Waals surface area contributed by atoms with Crippen LogP contribution < -0.4 is 5.73 Å². The van der Waals surface area contributed by atoms with Gasteiger partial charge in [-0.15, -0.1) is 12.4 Å². The summed E-state index contributed by atoms with van der Waals surface area (Å²) in [6.45, 7) is 6.71. The number of nitrogens with zero attached hydrogens (tertiary/aromatic N) is 2. The van der Waals surface area contributed by atoms with Crippen molar-refractivity contribution in [1.29, 1.82) is 0 Å². The van der Waals surface area contributed by atoms with Gasteiger partial charge >= 0.3 is 0 Å². The number of hydrogen-bond donors (Lipinski definition) is 1. The number of fused-ring (bicyclic) bond motifs is 2. The van der Waals surface area contributed by atoms with Crippen molar-refractivity contribution in [3.63, 3.8) is 0 Å². The van der Waals surface area contributed by atoms with E-state index in [4.69, 9.17) is 10.5 Å². The maximum Gasteiger partial charge on any atom is 0.267 e. The largest absolute Gasteiger partial charge is 0.373 e. The quantitative estimate of drug-likeness (QED) is 0.820. The Morgan fingerprint density at radius 3 is 2.62 bits per heavy atom. The molecule has 0 radical (unpaired) electrons. The van der Waals surface area contributed by atoms with Gasteiger partial charge in [-0.3, -0.25) is 14.7 Å². The first-order chi connectivity index (χ1) is 12.0. The minimum atomic E-state index is -0.479. The normalized spacial score (nSPS) is 29.7. The molecular weight excluding hydrogens is 350 g/mol. The number of halogens is 1. The minimum absolute atomic E-state index is 0. The van der Waals surface area contributed by atoms with E-state index in [9.17, 15) is 4.79 Å². The van der Waals surface area contributed by atoms with Crippen molar-refractivity contribution in [3.05, 3.63) is 29.6 Å². The van der Waals surface area contributed by atoms with Crippen LogP contribution in [0.2, 0.25) is 0 Å². The predicted octanol–water partition coefficient (Wildman–Crippen LogP) is 3.36. The van der Waals surface area contributed by atoms with Crippen molar-refractivity contribution >= 4 is 18.3 Å². The lowest BCUT2D eigenvalue weighted by atomic mass is 9.62. The summed E-state index contributed by atoms with van der Waals surface area (Å²) in [4.78, 5) is 18.4. The third-order valence-corrected chi connectivity index (χ3v) is 6.36. The molecule has 0 spiro atoms. The second kappa shape index (κ2) is 8.68. The van der Waals surface area contributed by atoms with Gasteiger partial charge in [-0.2, -0.15) is 0 Å². The summed E-state index contributed by atoms with van der Waals surface area (Å²) in [5.41, 5.74) is 6.53. The van der Waals surface area contributed by atoms with E-state index < -0.39 is 5.91 Å². The summed E-state index contributed by atoms with van der Waals surface area (Å²) in [5.74, 6) is 0.395. The van der Waals surface area contributed by atoms with Crippen molar-refractivity contribution in [2.45, 2.75) is 57.6 Å². The topological polar surface area (TPSA) is 68.4 Å². The average molecular weight is 382 g/mol. The zero-order chi connectivity index (χ0) is 18.0. The van der Waals surface area contributed by atoms with Gasteiger partial charge in [0.2, 0.25) is 0 Å². The molecule has 146 valence electrons. The van der Waals surface area contributed by atoms with Crippen LogP contribution in [0.1, 0.15) is 62.0 Å². The average Bonchev–Trinajstić information content (AvgIpc) is 2.60. The van der Waals surface area contributed by atoms with Gasteiger partial charge in [-0.1, -0.05) is 19.8 Å². The van der Waals surface area contributed by atoms with Crippen LogP contribution in [0.15, 0.2) is 18.3 Å². The van der Waals surface area contributed by atoms with Gasteiger partial charge in [0.15, 0.2) is 0 Å². The third-order valence-electron chi connectivity index (χ3n) is 6.36. The van der Waals surface area contributed by atoms with Crippen molar-refractivity contribution in [3.8, 4) is 0 Å². The molecule has 3 rings (SSSR count). The minimum Gasteiger partial charge on any atom is -0.373 e. The highest BCUT2D eigenvalue weighted by Crippen LogP contribution is 2.51. The number of primary amides is 1. The molecule has 1 amide bonds. The maximum atomic E-state index is 11.6. The van der Waals surface area contributed by atoms with Gasteiger partial charge in [-0.25, -0.2) is 0 Å². The number of carbonyl (C=O) groups excluding carboxylic acids is 1. The zero-order valence-electron chi connectivity index (χ0n) is 16.1. The first-order valence-corrected chi connectivity index (χ1v) is 9.58. The highest BCUT2D eigenvalue weighted by atomic mass is 35.5. The molecule has 1 unspecified atom stereocenters. The lowest BCUT2D eigenvalue weighted by Gasteiger charge is -2.56. The Morgan fingerprint density at radius 2 is 2.08 bits per heavy atom. The zero-order valence-corrected chi connectivity index (χ0v) is 16.9. The van der Waals surface area contributed by atoms with Gasteiger partial charge in [0.05, 0.1) is 0 Å². The van der Waals surface area contributed by atoms with Crippen LogP contribution in [0.3, 0.4) is 0 Å². The fraction of sp³-hybridized carbons (Fsp3) is 0.700. The van der Waals surface area contributed by atoms with Gasteiger partial charge < -0.3 is 10.5 Å². The molecule has 1 aliphatic heterocycles. The Bertz CT molecular complexity index is 611. The van der Waals surface area contributed by atoms with E-state index in [-0.39, 0.29) is 18.0 Å². The molecule has 2 heterocycles. The van der Waals surface area contributed by atoms with Crippen LogP contribution in [-0.4, -0.2) is 42.0 Å². The van der Waals surface area contributed by atoms with E-state index in [1.807, 2.05) is 19.2 Å². The van der Waals surface area contributed by atoms with Gasteiger partial charge in [0.25, 0.3) is 5.91 Å². The van der Waals surface area contributed by atoms with Crippen molar-refractivity contribution in [1.82, 2.24) is 9.88 Å². The Labute approximate surface area is 163 Å². The fourth-order valence-corrected chi connectivity index (χ4v) is 5.16. The van der Waals surface area contributed by atoms with Crippen LogP contribution >= 0.6 is 12.4 Å². The molecule has 1 saturated carbocycles. The number of carbonyl (C=O) groups is 1. The van der Waals surface area contributed by atoms with E-state index >= 15 is 0 Å². The van der Waals surface area contributed by atoms with Gasteiger partial charge in [0, 0.05) is 44.3 Å². The van der Waals surface area contributed by atoms with Crippen LogP contribution in [0.25, 0.3) is 0 Å². The Hall–Kier alpha value is -1.17. The number of nitrogens with two attached hydrogens (primary N) is 1. The van der Waals surface area contributed by atoms with Crippen molar-refractivity contribution in [2.75, 3.05) is 20.2 Å². The Kier molecular flexibility index (Phi) is 7.05. The molecule has 1 aromatic rings. The lowest BCUT2D eigenvalue weighted by molar-refractivity contribution is -0.173. The molecular formula is C20H32ClN3O2. The highest BCUT2D eigenvalue weighted by Gasteiger charge is 2.53. The lowest BCUT2D eigenvalue weighted by Crippen LogP contribution is -2.60. The Balaban J connectivity index is 0.00000243. The Morgan fingerprint density at radius 1 is 1.42 bits per heavy atom. The summed E-state index contributed by atoms with van der Waals surface area (Å²) >= 11 is 0. The first-order valence-electron chi connectivity index (χ1n) is 9.58. The summed E-state index contributed by atoms with van der Waals surface area (Å²) in [5, 5.41) is 0. The van der Waals surface area contributed by atoms with Crippen LogP contribution in [0, 0.1) is 11.8 Å². The number of amides is 1. The molecule has 2 bridgehead atoms. The summed E-state index contributed by atoms with van der Waals surface area (Å²) in [6, 6.07) is 4.47. The monoisotopic (exact) mass is 381 g/mol. The van der Waals surface area contributed by atoms with E-state index in [2.05, 4.69) is 23.7 Å². The van der Waals surface area contributed by atoms with Crippen LogP contribution in [-0.2, 0) is 10.3 Å². The number of rotatable bonds is 6. The number of aromatic nitrogens is 1. The molecule has 6 heteroatoms. The van der Waals surface area contributed by atoms with Gasteiger partial charge in [0.1, 0.15) is 11.3 Å². The maximum absolute atomic E-state index is 11.6. The number of piperidine rings is 1. The molecule has 1 aromatic heterocycles. The second-order valence-corrected chi connectivity index (χ2v) is 7.71. The molecule has 2 fully saturated rings. The molecule has 1 saturated heterocycles. The van der Waals surface area contributed by atoms with E-state index in [0.29, 0.717) is 23.6 Å². The molecule has 26 heavy (non-hydrogen) atoms. The smallest absolute Gasteiger partial charge is 0.267 e. The second-order valence-electron chi connectivity index (χ2n) is 7.71. The number of hydrogen-bond acceptors (Lipinski definition) is 4.